The molecule has 0 aliphatic carbocycles. The average molecular weight is 410 g/mol. The Morgan fingerprint density at radius 3 is 2.66 bits per heavy atom. The van der Waals surface area contributed by atoms with Crippen molar-refractivity contribution in [3.8, 4) is 10.4 Å². The van der Waals surface area contributed by atoms with Crippen LogP contribution < -0.4 is 0 Å². The van der Waals surface area contributed by atoms with E-state index in [-0.39, 0.29) is 11.5 Å². The normalized spacial score (nSPS) is 18.1. The van der Waals surface area contributed by atoms with Crippen LogP contribution in [0, 0.1) is 13.8 Å². The molecule has 5 heterocycles. The molecule has 5 rings (SSSR count). The van der Waals surface area contributed by atoms with Crippen LogP contribution in [-0.2, 0) is 16.8 Å². The molecule has 2 aliphatic heterocycles. The lowest BCUT2D eigenvalue weighted by Gasteiger charge is -2.43. The van der Waals surface area contributed by atoms with Crippen LogP contribution in [-0.4, -0.2) is 45.5 Å². The van der Waals surface area contributed by atoms with Crippen molar-refractivity contribution in [1.29, 1.82) is 0 Å². The minimum Gasteiger partial charge on any atom is -0.436 e. The molecular weight excluding hydrogens is 388 g/mol. The van der Waals surface area contributed by atoms with E-state index in [2.05, 4.69) is 21.0 Å². The second kappa shape index (κ2) is 7.03. The van der Waals surface area contributed by atoms with E-state index in [0.717, 1.165) is 24.8 Å². The Bertz CT molecular complexity index is 1050. The van der Waals surface area contributed by atoms with Crippen molar-refractivity contribution in [3.63, 3.8) is 0 Å². The molecule has 0 unspecified atom stereocenters. The molecular formula is C21H22N4O3S. The van der Waals surface area contributed by atoms with Crippen LogP contribution in [0.4, 0.5) is 0 Å². The monoisotopic (exact) mass is 410 g/mol. The first-order valence-electron chi connectivity index (χ1n) is 9.81. The Balaban J connectivity index is 1.38. The third-order valence-corrected chi connectivity index (χ3v) is 7.19. The SMILES string of the molecule is Cc1nc(C)c(C(=O)N2CCC3(CC2)OCCc2cc(-c4cncnc4)sc23)o1. The highest BCUT2D eigenvalue weighted by atomic mass is 32.1. The van der Waals surface area contributed by atoms with Gasteiger partial charge in [-0.15, -0.1) is 11.3 Å². The summed E-state index contributed by atoms with van der Waals surface area (Å²) in [6.45, 7) is 5.56. The second-order valence-electron chi connectivity index (χ2n) is 7.62. The standard InChI is InChI=1S/C21H22N4O3S/c1-13-18(28-14(2)24-13)20(26)25-6-4-21(5-7-25)19-15(3-8-27-21)9-17(29-19)16-10-22-12-23-11-16/h9-12H,3-8H2,1-2H3. The molecule has 1 spiro atoms. The highest BCUT2D eigenvalue weighted by molar-refractivity contribution is 7.15. The van der Waals surface area contributed by atoms with Gasteiger partial charge in [-0.2, -0.15) is 0 Å². The lowest BCUT2D eigenvalue weighted by atomic mass is 9.85. The minimum absolute atomic E-state index is 0.0812. The van der Waals surface area contributed by atoms with Gasteiger partial charge in [0.2, 0.25) is 5.76 Å². The molecule has 3 aromatic heterocycles. The van der Waals surface area contributed by atoms with E-state index in [9.17, 15) is 4.79 Å². The zero-order chi connectivity index (χ0) is 20.0. The van der Waals surface area contributed by atoms with Gasteiger partial charge < -0.3 is 14.1 Å². The first-order valence-corrected chi connectivity index (χ1v) is 10.6. The number of aromatic nitrogens is 3. The fourth-order valence-corrected chi connectivity index (χ4v) is 5.69. The van der Waals surface area contributed by atoms with Crippen LogP contribution in [0.2, 0.25) is 0 Å². The number of oxazole rings is 1. The maximum atomic E-state index is 12.9. The number of thiophene rings is 1. The molecule has 1 amide bonds. The van der Waals surface area contributed by atoms with Gasteiger partial charge in [0.1, 0.15) is 11.9 Å². The van der Waals surface area contributed by atoms with Gasteiger partial charge in [-0.05, 0) is 37.8 Å². The van der Waals surface area contributed by atoms with Crippen molar-refractivity contribution in [2.24, 2.45) is 0 Å². The molecule has 29 heavy (non-hydrogen) atoms. The molecule has 1 fully saturated rings. The Kier molecular flexibility index (Phi) is 4.48. The van der Waals surface area contributed by atoms with E-state index < -0.39 is 0 Å². The molecule has 8 heteroatoms. The number of carbonyl (C=O) groups is 1. The fraction of sp³-hybridized carbons (Fsp3) is 0.429. The number of piperidine rings is 1. The van der Waals surface area contributed by atoms with Gasteiger partial charge in [0, 0.05) is 47.7 Å². The predicted molar refractivity (Wildman–Crippen MR) is 108 cm³/mol. The van der Waals surface area contributed by atoms with E-state index >= 15 is 0 Å². The van der Waals surface area contributed by atoms with Crippen LogP contribution in [0.25, 0.3) is 10.4 Å². The van der Waals surface area contributed by atoms with E-state index in [1.54, 1.807) is 24.6 Å². The minimum atomic E-state index is -0.310. The van der Waals surface area contributed by atoms with E-state index in [4.69, 9.17) is 9.15 Å². The highest BCUT2D eigenvalue weighted by Gasteiger charge is 2.43. The Morgan fingerprint density at radius 1 is 1.21 bits per heavy atom. The van der Waals surface area contributed by atoms with Crippen LogP contribution in [0.5, 0.6) is 0 Å². The van der Waals surface area contributed by atoms with Crippen LogP contribution in [0.3, 0.4) is 0 Å². The molecule has 7 nitrogen and oxygen atoms in total. The Labute approximate surface area is 172 Å². The van der Waals surface area contributed by atoms with Crippen LogP contribution in [0.1, 0.15) is 45.4 Å². The lowest BCUT2D eigenvalue weighted by molar-refractivity contribution is -0.0908. The number of aryl methyl sites for hydroxylation is 2. The molecule has 1 saturated heterocycles. The summed E-state index contributed by atoms with van der Waals surface area (Å²) in [6.07, 6.45) is 7.72. The zero-order valence-electron chi connectivity index (χ0n) is 16.5. The summed E-state index contributed by atoms with van der Waals surface area (Å²) in [5.74, 6) is 0.795. The molecule has 0 atom stereocenters. The third-order valence-electron chi connectivity index (χ3n) is 5.77. The summed E-state index contributed by atoms with van der Waals surface area (Å²) < 4.78 is 11.9. The molecule has 0 saturated carbocycles. The molecule has 3 aromatic rings. The molecule has 150 valence electrons. The average Bonchev–Trinajstić information content (AvgIpc) is 3.33. The first kappa shape index (κ1) is 18.4. The molecule has 0 radical (unpaired) electrons. The van der Waals surface area contributed by atoms with Gasteiger partial charge >= 0.3 is 0 Å². The zero-order valence-corrected chi connectivity index (χ0v) is 17.3. The largest absolute Gasteiger partial charge is 0.436 e. The molecule has 0 bridgehead atoms. The summed E-state index contributed by atoms with van der Waals surface area (Å²) in [5, 5.41) is 0. The smallest absolute Gasteiger partial charge is 0.291 e. The van der Waals surface area contributed by atoms with Crippen molar-refractivity contribution in [2.45, 2.75) is 38.7 Å². The Morgan fingerprint density at radius 2 is 1.97 bits per heavy atom. The number of nitrogens with zero attached hydrogens (tertiary/aromatic N) is 4. The topological polar surface area (TPSA) is 81.4 Å². The molecule has 2 aliphatic rings. The fourth-order valence-electron chi connectivity index (χ4n) is 4.31. The summed E-state index contributed by atoms with van der Waals surface area (Å²) in [7, 11) is 0. The van der Waals surface area contributed by atoms with E-state index in [1.165, 1.54) is 15.3 Å². The van der Waals surface area contributed by atoms with Gasteiger partial charge in [-0.1, -0.05) is 0 Å². The van der Waals surface area contributed by atoms with Crippen LogP contribution in [0.15, 0.2) is 29.2 Å². The van der Waals surface area contributed by atoms with Crippen molar-refractivity contribution in [1.82, 2.24) is 19.9 Å². The van der Waals surface area contributed by atoms with Crippen molar-refractivity contribution >= 4 is 17.2 Å². The van der Waals surface area contributed by atoms with E-state index in [0.29, 0.717) is 37.0 Å². The van der Waals surface area contributed by atoms with Gasteiger partial charge in [-0.25, -0.2) is 15.0 Å². The number of ether oxygens (including phenoxy) is 1. The van der Waals surface area contributed by atoms with Crippen molar-refractivity contribution < 1.29 is 13.9 Å². The first-order chi connectivity index (χ1) is 14.1. The number of amides is 1. The summed E-state index contributed by atoms with van der Waals surface area (Å²) >= 11 is 1.77. The number of fused-ring (bicyclic) bond motifs is 2. The molecule has 0 N–H and O–H groups in total. The van der Waals surface area contributed by atoms with E-state index in [1.807, 2.05) is 24.2 Å². The number of rotatable bonds is 2. The van der Waals surface area contributed by atoms with Crippen molar-refractivity contribution in [3.05, 3.63) is 52.6 Å². The summed E-state index contributed by atoms with van der Waals surface area (Å²) in [6, 6.07) is 2.25. The Hall–Kier alpha value is -2.58. The summed E-state index contributed by atoms with van der Waals surface area (Å²) in [4.78, 5) is 29.7. The number of hydrogen-bond acceptors (Lipinski definition) is 7. The van der Waals surface area contributed by atoms with Gasteiger partial charge in [0.05, 0.1) is 12.3 Å². The quantitative estimate of drug-likeness (QED) is 0.643. The van der Waals surface area contributed by atoms with Crippen LogP contribution >= 0.6 is 11.3 Å². The van der Waals surface area contributed by atoms with Gasteiger partial charge in [0.25, 0.3) is 5.91 Å². The van der Waals surface area contributed by atoms with Gasteiger partial charge in [0.15, 0.2) is 5.89 Å². The number of likely N-dealkylation sites (tertiary alicyclic amines) is 1. The van der Waals surface area contributed by atoms with Gasteiger partial charge in [-0.3, -0.25) is 4.79 Å². The number of hydrogen-bond donors (Lipinski definition) is 0. The lowest BCUT2D eigenvalue weighted by Crippen LogP contribution is -2.47. The second-order valence-corrected chi connectivity index (χ2v) is 8.68. The number of carbonyl (C=O) groups excluding carboxylic acids is 1. The molecule has 0 aromatic carbocycles. The maximum absolute atomic E-state index is 12.9. The predicted octanol–water partition coefficient (Wildman–Crippen LogP) is 3.51. The van der Waals surface area contributed by atoms with Crippen molar-refractivity contribution in [2.75, 3.05) is 19.7 Å². The summed E-state index contributed by atoms with van der Waals surface area (Å²) in [5.41, 5.74) is 2.72. The maximum Gasteiger partial charge on any atom is 0.291 e. The highest BCUT2D eigenvalue weighted by Crippen LogP contribution is 2.47. The third kappa shape index (κ3) is 3.16.